The fourth-order valence-corrected chi connectivity index (χ4v) is 2.11. The van der Waals surface area contributed by atoms with E-state index < -0.39 is 0 Å². The smallest absolute Gasteiger partial charge is 0.243 e. The van der Waals surface area contributed by atoms with E-state index in [1.807, 2.05) is 0 Å². The van der Waals surface area contributed by atoms with Gasteiger partial charge in [0.25, 0.3) is 0 Å². The zero-order valence-corrected chi connectivity index (χ0v) is 7.99. The van der Waals surface area contributed by atoms with Gasteiger partial charge in [0.05, 0.1) is 30.8 Å². The normalized spacial score (nSPS) is 24.5. The minimum absolute atomic E-state index is 0.0279. The van der Waals surface area contributed by atoms with Crippen LogP contribution in [0.1, 0.15) is 11.4 Å². The molecule has 1 saturated heterocycles. The lowest BCUT2D eigenvalue weighted by Gasteiger charge is -2.37. The average molecular weight is 206 g/mol. The van der Waals surface area contributed by atoms with Gasteiger partial charge in [-0.25, -0.2) is 4.98 Å². The predicted octanol–water partition coefficient (Wildman–Crippen LogP) is -1.21. The summed E-state index contributed by atoms with van der Waals surface area (Å²) in [6, 6.07) is -0.373. The van der Waals surface area contributed by atoms with Crippen LogP contribution in [0.2, 0.25) is 0 Å². The molecule has 0 bridgehead atoms. The second kappa shape index (κ2) is 2.82. The van der Waals surface area contributed by atoms with Crippen LogP contribution >= 0.6 is 0 Å². The average Bonchev–Trinajstić information content (AvgIpc) is 2.69. The predicted molar refractivity (Wildman–Crippen MR) is 49.6 cm³/mol. The maximum Gasteiger partial charge on any atom is 0.243 e. The molecule has 3 rings (SSSR count). The molecule has 6 nitrogen and oxygen atoms in total. The van der Waals surface area contributed by atoms with E-state index in [0.29, 0.717) is 13.0 Å². The largest absolute Gasteiger partial charge is 0.347 e. The zero-order valence-electron chi connectivity index (χ0n) is 7.99. The molecular weight excluding hydrogens is 196 g/mol. The molecule has 1 aromatic heterocycles. The minimum Gasteiger partial charge on any atom is -0.347 e. The monoisotopic (exact) mass is 206 g/mol. The molecule has 0 radical (unpaired) electrons. The van der Waals surface area contributed by atoms with Crippen molar-refractivity contribution in [1.82, 2.24) is 20.2 Å². The summed E-state index contributed by atoms with van der Waals surface area (Å²) >= 11 is 0. The Morgan fingerprint density at radius 3 is 3.20 bits per heavy atom. The molecule has 1 unspecified atom stereocenters. The third-order valence-corrected chi connectivity index (χ3v) is 2.94. The van der Waals surface area contributed by atoms with E-state index in [-0.39, 0.29) is 24.4 Å². The number of piperazine rings is 1. The number of fused-ring (bicyclic) bond motifs is 2. The highest BCUT2D eigenvalue weighted by atomic mass is 16.2. The SMILES string of the molecule is O=C1NCC(=O)N2Cc3[nH]cnc3CC12. The summed E-state index contributed by atoms with van der Waals surface area (Å²) in [5.41, 5.74) is 1.83. The third-order valence-electron chi connectivity index (χ3n) is 2.94. The van der Waals surface area contributed by atoms with Gasteiger partial charge in [0.15, 0.2) is 0 Å². The molecule has 0 aliphatic carbocycles. The molecule has 0 spiro atoms. The highest BCUT2D eigenvalue weighted by Crippen LogP contribution is 2.22. The van der Waals surface area contributed by atoms with Crippen LogP contribution in [0, 0.1) is 0 Å². The number of hydrogen-bond acceptors (Lipinski definition) is 3. The molecule has 1 atom stereocenters. The fraction of sp³-hybridized carbons (Fsp3) is 0.444. The van der Waals surface area contributed by atoms with Crippen molar-refractivity contribution < 1.29 is 9.59 Å². The van der Waals surface area contributed by atoms with Crippen LogP contribution in [-0.2, 0) is 22.6 Å². The van der Waals surface area contributed by atoms with Crippen LogP contribution in [0.25, 0.3) is 0 Å². The molecule has 2 aliphatic rings. The Balaban J connectivity index is 1.99. The first-order valence-corrected chi connectivity index (χ1v) is 4.84. The van der Waals surface area contributed by atoms with Crippen LogP contribution < -0.4 is 5.32 Å². The number of nitrogens with zero attached hydrogens (tertiary/aromatic N) is 2. The fourth-order valence-electron chi connectivity index (χ4n) is 2.11. The maximum atomic E-state index is 11.6. The second-order valence-electron chi connectivity index (χ2n) is 3.79. The molecule has 1 fully saturated rings. The van der Waals surface area contributed by atoms with E-state index in [2.05, 4.69) is 15.3 Å². The van der Waals surface area contributed by atoms with Gasteiger partial charge in [0.1, 0.15) is 6.04 Å². The number of imidazole rings is 1. The van der Waals surface area contributed by atoms with E-state index in [4.69, 9.17) is 0 Å². The molecule has 78 valence electrons. The van der Waals surface area contributed by atoms with Gasteiger partial charge in [-0.1, -0.05) is 0 Å². The molecule has 0 aromatic carbocycles. The maximum absolute atomic E-state index is 11.6. The van der Waals surface area contributed by atoms with Crippen LogP contribution in [0.4, 0.5) is 0 Å². The molecule has 3 heterocycles. The quantitative estimate of drug-likeness (QED) is 0.559. The van der Waals surface area contributed by atoms with Crippen molar-refractivity contribution in [2.24, 2.45) is 0 Å². The van der Waals surface area contributed by atoms with Crippen LogP contribution in [0.5, 0.6) is 0 Å². The second-order valence-corrected chi connectivity index (χ2v) is 3.79. The van der Waals surface area contributed by atoms with Crippen molar-refractivity contribution in [3.63, 3.8) is 0 Å². The highest BCUT2D eigenvalue weighted by Gasteiger charge is 2.38. The molecule has 2 amide bonds. The van der Waals surface area contributed by atoms with Crippen LogP contribution in [0.15, 0.2) is 6.33 Å². The van der Waals surface area contributed by atoms with Crippen molar-refractivity contribution in [3.05, 3.63) is 17.7 Å². The molecule has 2 aliphatic heterocycles. The number of aromatic nitrogens is 2. The van der Waals surface area contributed by atoms with Gasteiger partial charge in [-0.05, 0) is 0 Å². The Morgan fingerprint density at radius 2 is 2.33 bits per heavy atom. The summed E-state index contributed by atoms with van der Waals surface area (Å²) in [4.78, 5) is 31.9. The first-order chi connectivity index (χ1) is 7.25. The van der Waals surface area contributed by atoms with Crippen molar-refractivity contribution in [2.45, 2.75) is 19.0 Å². The number of H-pyrrole nitrogens is 1. The van der Waals surface area contributed by atoms with E-state index >= 15 is 0 Å². The highest BCUT2D eigenvalue weighted by molar-refractivity contribution is 5.95. The lowest BCUT2D eigenvalue weighted by atomic mass is 10.00. The number of nitrogens with one attached hydrogen (secondary N) is 2. The minimum atomic E-state index is -0.373. The number of hydrogen-bond donors (Lipinski definition) is 2. The lowest BCUT2D eigenvalue weighted by Crippen LogP contribution is -2.60. The topological polar surface area (TPSA) is 78.1 Å². The summed E-state index contributed by atoms with van der Waals surface area (Å²) in [5, 5.41) is 2.59. The summed E-state index contributed by atoms with van der Waals surface area (Å²) < 4.78 is 0. The van der Waals surface area contributed by atoms with Gasteiger partial charge in [0, 0.05) is 6.42 Å². The standard InChI is InChI=1S/C9H10N4O2/c14-8-2-10-9(15)7-1-5-6(3-13(7)8)12-4-11-5/h4,7H,1-3H2,(H,10,15)(H,11,12). The Kier molecular flexibility index (Phi) is 1.59. The number of amides is 2. The van der Waals surface area contributed by atoms with Crippen molar-refractivity contribution in [1.29, 1.82) is 0 Å². The molecule has 1 aromatic rings. The Morgan fingerprint density at radius 1 is 1.47 bits per heavy atom. The Labute approximate surface area is 85.7 Å². The van der Waals surface area contributed by atoms with Crippen LogP contribution in [-0.4, -0.2) is 39.3 Å². The Hall–Kier alpha value is -1.85. The molecule has 15 heavy (non-hydrogen) atoms. The van der Waals surface area contributed by atoms with Gasteiger partial charge in [-0.3, -0.25) is 9.59 Å². The summed E-state index contributed by atoms with van der Waals surface area (Å²) in [6.07, 6.45) is 2.11. The summed E-state index contributed by atoms with van der Waals surface area (Å²) in [7, 11) is 0. The third kappa shape index (κ3) is 1.14. The van der Waals surface area contributed by atoms with Gasteiger partial charge < -0.3 is 15.2 Å². The van der Waals surface area contributed by atoms with E-state index in [0.717, 1.165) is 11.4 Å². The number of aromatic amines is 1. The van der Waals surface area contributed by atoms with Crippen molar-refractivity contribution in [3.8, 4) is 0 Å². The van der Waals surface area contributed by atoms with Crippen molar-refractivity contribution in [2.75, 3.05) is 6.54 Å². The summed E-state index contributed by atoms with van der Waals surface area (Å²) in [5.74, 6) is -0.108. The van der Waals surface area contributed by atoms with Gasteiger partial charge in [0.2, 0.25) is 11.8 Å². The lowest BCUT2D eigenvalue weighted by molar-refractivity contribution is -0.146. The van der Waals surface area contributed by atoms with E-state index in [1.165, 1.54) is 0 Å². The molecule has 2 N–H and O–H groups in total. The number of carbonyl (C=O) groups is 2. The number of rotatable bonds is 0. The van der Waals surface area contributed by atoms with Gasteiger partial charge >= 0.3 is 0 Å². The summed E-state index contributed by atoms with van der Waals surface area (Å²) in [6.45, 7) is 0.574. The first-order valence-electron chi connectivity index (χ1n) is 4.84. The van der Waals surface area contributed by atoms with Crippen molar-refractivity contribution >= 4 is 11.8 Å². The molecular formula is C9H10N4O2. The number of carbonyl (C=O) groups excluding carboxylic acids is 2. The van der Waals surface area contributed by atoms with E-state index in [9.17, 15) is 9.59 Å². The van der Waals surface area contributed by atoms with Gasteiger partial charge in [-0.2, -0.15) is 0 Å². The van der Waals surface area contributed by atoms with Crippen LogP contribution in [0.3, 0.4) is 0 Å². The Bertz CT molecular complexity index is 401. The molecule has 6 heteroatoms. The van der Waals surface area contributed by atoms with E-state index in [1.54, 1.807) is 11.2 Å². The molecule has 0 saturated carbocycles. The van der Waals surface area contributed by atoms with Gasteiger partial charge in [-0.15, -0.1) is 0 Å². The first kappa shape index (κ1) is 8.46. The zero-order chi connectivity index (χ0) is 10.4.